The van der Waals surface area contributed by atoms with Crippen molar-refractivity contribution in [1.82, 2.24) is 5.32 Å². The molecule has 0 aliphatic rings. The van der Waals surface area contributed by atoms with Crippen molar-refractivity contribution in [3.05, 3.63) is 28.7 Å². The van der Waals surface area contributed by atoms with Crippen LogP contribution in [0.1, 0.15) is 19.8 Å². The van der Waals surface area contributed by atoms with Gasteiger partial charge >= 0.3 is 12.0 Å². The van der Waals surface area contributed by atoms with Crippen LogP contribution in [0.25, 0.3) is 0 Å². The molecule has 2 amide bonds. The maximum absolute atomic E-state index is 11.6. The van der Waals surface area contributed by atoms with Crippen molar-refractivity contribution in [1.29, 1.82) is 0 Å². The lowest BCUT2D eigenvalue weighted by atomic mass is 10.2. The fourth-order valence-corrected chi connectivity index (χ4v) is 1.67. The summed E-state index contributed by atoms with van der Waals surface area (Å²) in [6.07, 6.45) is 1.10. The van der Waals surface area contributed by atoms with Crippen LogP contribution in [0, 0.1) is 0 Å². The average molecular weight is 315 g/mol. The second-order valence-electron chi connectivity index (χ2n) is 3.78. The molecule has 0 bridgehead atoms. The van der Waals surface area contributed by atoms with E-state index in [-0.39, 0.29) is 0 Å². The molecule has 6 heteroatoms. The Morgan fingerprint density at radius 2 is 1.94 bits per heavy atom. The number of rotatable bonds is 5. The number of anilines is 1. The normalized spacial score (nSPS) is 11.7. The number of carbonyl (C=O) groups excluding carboxylic acids is 1. The Labute approximate surface area is 114 Å². The number of amides is 2. The van der Waals surface area contributed by atoms with Gasteiger partial charge in [-0.3, -0.25) is 0 Å². The molecule has 0 saturated heterocycles. The molecule has 1 aromatic rings. The highest BCUT2D eigenvalue weighted by Gasteiger charge is 2.18. The molecule has 0 aromatic heterocycles. The summed E-state index contributed by atoms with van der Waals surface area (Å²) >= 11 is 3.29. The van der Waals surface area contributed by atoms with E-state index >= 15 is 0 Å². The zero-order valence-electron chi connectivity index (χ0n) is 9.94. The molecule has 98 valence electrons. The number of hydrogen-bond acceptors (Lipinski definition) is 2. The molecule has 3 N–H and O–H groups in total. The van der Waals surface area contributed by atoms with Crippen molar-refractivity contribution in [3.8, 4) is 0 Å². The minimum atomic E-state index is -1.03. The van der Waals surface area contributed by atoms with Gasteiger partial charge in [-0.2, -0.15) is 0 Å². The number of urea groups is 1. The number of carbonyl (C=O) groups is 2. The molecule has 1 atom stereocenters. The van der Waals surface area contributed by atoms with Crippen LogP contribution in [0.4, 0.5) is 10.5 Å². The molecule has 18 heavy (non-hydrogen) atoms. The molecule has 0 spiro atoms. The summed E-state index contributed by atoms with van der Waals surface area (Å²) in [5, 5.41) is 13.9. The van der Waals surface area contributed by atoms with Gasteiger partial charge in [0, 0.05) is 10.2 Å². The highest BCUT2D eigenvalue weighted by atomic mass is 79.9. The lowest BCUT2D eigenvalue weighted by Crippen LogP contribution is -2.42. The van der Waals surface area contributed by atoms with E-state index in [4.69, 9.17) is 5.11 Å². The lowest BCUT2D eigenvalue weighted by Gasteiger charge is -2.14. The van der Waals surface area contributed by atoms with Gasteiger partial charge in [-0.1, -0.05) is 29.3 Å². The molecule has 1 aromatic carbocycles. The third-order valence-electron chi connectivity index (χ3n) is 2.28. The molecule has 5 nitrogen and oxygen atoms in total. The topological polar surface area (TPSA) is 78.4 Å². The van der Waals surface area contributed by atoms with Crippen molar-refractivity contribution >= 4 is 33.6 Å². The molecule has 0 saturated carbocycles. The largest absolute Gasteiger partial charge is 0.480 e. The molecular formula is C12H15BrN2O3. The van der Waals surface area contributed by atoms with E-state index in [1.165, 1.54) is 0 Å². The Kier molecular flexibility index (Phi) is 5.64. The quantitative estimate of drug-likeness (QED) is 0.782. The molecule has 0 radical (unpaired) electrons. The van der Waals surface area contributed by atoms with Gasteiger partial charge in [0.25, 0.3) is 0 Å². The number of nitrogens with one attached hydrogen (secondary N) is 2. The van der Waals surface area contributed by atoms with E-state index in [2.05, 4.69) is 26.6 Å². The van der Waals surface area contributed by atoms with E-state index in [0.29, 0.717) is 18.5 Å². The van der Waals surface area contributed by atoms with Gasteiger partial charge in [0.15, 0.2) is 0 Å². The fourth-order valence-electron chi connectivity index (χ4n) is 1.40. The van der Waals surface area contributed by atoms with Crippen molar-refractivity contribution in [2.45, 2.75) is 25.8 Å². The first-order chi connectivity index (χ1) is 8.52. The third-order valence-corrected chi connectivity index (χ3v) is 2.81. The van der Waals surface area contributed by atoms with Crippen molar-refractivity contribution < 1.29 is 14.7 Å². The minimum Gasteiger partial charge on any atom is -0.480 e. The summed E-state index contributed by atoms with van der Waals surface area (Å²) < 4.78 is 0.905. The number of carboxylic acid groups (broad SMARTS) is 1. The summed E-state index contributed by atoms with van der Waals surface area (Å²) in [5.74, 6) is -1.03. The smallest absolute Gasteiger partial charge is 0.326 e. The van der Waals surface area contributed by atoms with Crippen molar-refractivity contribution in [2.75, 3.05) is 5.32 Å². The van der Waals surface area contributed by atoms with Crippen LogP contribution in [0.2, 0.25) is 0 Å². The van der Waals surface area contributed by atoms with Crippen LogP contribution in [0.15, 0.2) is 28.7 Å². The molecule has 0 fully saturated rings. The maximum Gasteiger partial charge on any atom is 0.326 e. The van der Waals surface area contributed by atoms with Crippen LogP contribution >= 0.6 is 15.9 Å². The van der Waals surface area contributed by atoms with E-state index in [9.17, 15) is 9.59 Å². The van der Waals surface area contributed by atoms with E-state index in [1.807, 2.05) is 6.92 Å². The van der Waals surface area contributed by atoms with Crippen LogP contribution in [0.5, 0.6) is 0 Å². The number of halogens is 1. The summed E-state index contributed by atoms with van der Waals surface area (Å²) in [6, 6.07) is 5.65. The molecule has 1 rings (SSSR count). The Hall–Kier alpha value is -1.56. The van der Waals surface area contributed by atoms with Crippen molar-refractivity contribution in [3.63, 3.8) is 0 Å². The van der Waals surface area contributed by atoms with Crippen LogP contribution in [0.3, 0.4) is 0 Å². The first kappa shape index (κ1) is 14.5. The molecule has 0 heterocycles. The van der Waals surface area contributed by atoms with Gasteiger partial charge in [-0.05, 0) is 30.7 Å². The summed E-state index contributed by atoms with van der Waals surface area (Å²) in [7, 11) is 0. The molecule has 0 aliphatic carbocycles. The van der Waals surface area contributed by atoms with Gasteiger partial charge in [-0.15, -0.1) is 0 Å². The SMILES string of the molecule is CCC[C@@H](NC(=O)Nc1ccc(Br)cc1)C(=O)O. The van der Waals surface area contributed by atoms with Gasteiger partial charge in [0.2, 0.25) is 0 Å². The second kappa shape index (κ2) is 7.00. The van der Waals surface area contributed by atoms with Gasteiger partial charge in [-0.25, -0.2) is 9.59 Å². The number of benzene rings is 1. The Balaban J connectivity index is 2.54. The van der Waals surface area contributed by atoms with Crippen LogP contribution in [-0.4, -0.2) is 23.1 Å². The average Bonchev–Trinajstić information content (AvgIpc) is 2.31. The summed E-state index contributed by atoms with van der Waals surface area (Å²) in [6.45, 7) is 1.87. The Bertz CT molecular complexity index is 420. The highest BCUT2D eigenvalue weighted by Crippen LogP contribution is 2.13. The summed E-state index contributed by atoms with van der Waals surface area (Å²) in [5.41, 5.74) is 0.608. The van der Waals surface area contributed by atoms with Crippen molar-refractivity contribution in [2.24, 2.45) is 0 Å². The van der Waals surface area contributed by atoms with Gasteiger partial charge in [0.1, 0.15) is 6.04 Å². The number of hydrogen-bond donors (Lipinski definition) is 3. The van der Waals surface area contributed by atoms with Gasteiger partial charge < -0.3 is 15.7 Å². The maximum atomic E-state index is 11.6. The van der Waals surface area contributed by atoms with Crippen LogP contribution in [-0.2, 0) is 4.79 Å². The number of aliphatic carboxylic acids is 1. The zero-order chi connectivity index (χ0) is 13.5. The monoisotopic (exact) mass is 314 g/mol. The van der Waals surface area contributed by atoms with Gasteiger partial charge in [0.05, 0.1) is 0 Å². The zero-order valence-corrected chi connectivity index (χ0v) is 11.5. The van der Waals surface area contributed by atoms with E-state index in [1.54, 1.807) is 24.3 Å². The third kappa shape index (κ3) is 4.75. The van der Waals surface area contributed by atoms with Crippen LogP contribution < -0.4 is 10.6 Å². The molecular weight excluding hydrogens is 300 g/mol. The lowest BCUT2D eigenvalue weighted by molar-refractivity contribution is -0.139. The first-order valence-corrected chi connectivity index (χ1v) is 6.38. The fraction of sp³-hybridized carbons (Fsp3) is 0.333. The molecule has 0 aliphatic heterocycles. The summed E-state index contributed by atoms with van der Waals surface area (Å²) in [4.78, 5) is 22.5. The Morgan fingerprint density at radius 1 is 1.33 bits per heavy atom. The Morgan fingerprint density at radius 3 is 2.44 bits per heavy atom. The first-order valence-electron chi connectivity index (χ1n) is 5.58. The standard InChI is InChI=1S/C12H15BrN2O3/c1-2-3-10(11(16)17)15-12(18)14-9-6-4-8(13)5-7-9/h4-7,10H,2-3H2,1H3,(H,16,17)(H2,14,15,18)/t10-/m1/s1. The molecule has 0 unspecified atom stereocenters. The van der Waals surface area contributed by atoms with E-state index < -0.39 is 18.0 Å². The second-order valence-corrected chi connectivity index (χ2v) is 4.70. The van der Waals surface area contributed by atoms with E-state index in [0.717, 1.165) is 4.47 Å². The minimum absolute atomic E-state index is 0.406. The predicted molar refractivity (Wildman–Crippen MR) is 72.6 cm³/mol. The number of carboxylic acids is 1. The predicted octanol–water partition coefficient (Wildman–Crippen LogP) is 2.82. The highest BCUT2D eigenvalue weighted by molar-refractivity contribution is 9.10.